The Labute approximate surface area is 148 Å². The lowest BCUT2D eigenvalue weighted by Gasteiger charge is -2.05. The van der Waals surface area contributed by atoms with Crippen LogP contribution >= 0.6 is 23.4 Å². The Bertz CT molecular complexity index is 849. The minimum absolute atomic E-state index is 0.184. The highest BCUT2D eigenvalue weighted by molar-refractivity contribution is 7.99. The van der Waals surface area contributed by atoms with Gasteiger partial charge in [0.1, 0.15) is 5.69 Å². The van der Waals surface area contributed by atoms with E-state index in [0.29, 0.717) is 17.3 Å². The highest BCUT2D eigenvalue weighted by Crippen LogP contribution is 2.34. The molecule has 0 spiro atoms. The van der Waals surface area contributed by atoms with Gasteiger partial charge in [0.25, 0.3) is 0 Å². The summed E-state index contributed by atoms with van der Waals surface area (Å²) in [6, 6.07) is 15.4. The second kappa shape index (κ2) is 7.51. The van der Waals surface area contributed by atoms with Crippen LogP contribution in [-0.4, -0.2) is 28.0 Å². The third-order valence-corrected chi connectivity index (χ3v) is 4.73. The number of H-pyrrole nitrogens is 1. The molecule has 0 aliphatic heterocycles. The van der Waals surface area contributed by atoms with Gasteiger partial charge in [0.2, 0.25) is 0 Å². The maximum atomic E-state index is 11.9. The summed E-state index contributed by atoms with van der Waals surface area (Å²) in [5.74, 6) is -0.490. The first-order chi connectivity index (χ1) is 11.7. The Balaban J connectivity index is 1.82. The molecular formula is C17H14ClN3O2S. The Morgan fingerprint density at radius 3 is 2.62 bits per heavy atom. The number of aromatic amines is 1. The van der Waals surface area contributed by atoms with Crippen LogP contribution in [0.25, 0.3) is 11.3 Å². The predicted octanol–water partition coefficient (Wildman–Crippen LogP) is 4.45. The van der Waals surface area contributed by atoms with Gasteiger partial charge in [0.15, 0.2) is 5.69 Å². The maximum Gasteiger partial charge on any atom is 0.361 e. The number of benzene rings is 2. The largest absolute Gasteiger partial charge is 0.461 e. The van der Waals surface area contributed by atoms with Gasteiger partial charge in [-0.05, 0) is 31.2 Å². The molecule has 24 heavy (non-hydrogen) atoms. The van der Waals surface area contributed by atoms with Gasteiger partial charge in [-0.2, -0.15) is 10.3 Å². The second-order valence-electron chi connectivity index (χ2n) is 4.80. The molecule has 7 heteroatoms. The molecule has 0 aliphatic rings. The van der Waals surface area contributed by atoms with Crippen molar-refractivity contribution in [1.29, 1.82) is 0 Å². The number of carbonyl (C=O) groups is 1. The maximum absolute atomic E-state index is 11.9. The van der Waals surface area contributed by atoms with E-state index in [1.807, 2.05) is 48.5 Å². The number of nitrogens with zero attached hydrogens (tertiary/aromatic N) is 2. The lowest BCUT2D eigenvalue weighted by Crippen LogP contribution is -2.06. The van der Waals surface area contributed by atoms with Crippen LogP contribution in [0.2, 0.25) is 5.02 Å². The van der Waals surface area contributed by atoms with Gasteiger partial charge in [-0.25, -0.2) is 4.79 Å². The molecule has 2 aromatic carbocycles. The molecule has 5 nitrogen and oxygen atoms in total. The molecule has 3 aromatic rings. The third kappa shape index (κ3) is 3.60. The van der Waals surface area contributed by atoms with Crippen molar-refractivity contribution in [1.82, 2.24) is 15.4 Å². The smallest absolute Gasteiger partial charge is 0.361 e. The standard InChI is InChI=1S/C17H14ClN3O2S/c1-2-23-17(22)16-15(19-21-20-16)11-7-9-12(10-8-11)24-14-6-4-3-5-13(14)18/h3-10H,2H2,1H3,(H,19,20,21). The molecule has 0 aliphatic carbocycles. The molecule has 0 atom stereocenters. The molecule has 0 bridgehead atoms. The zero-order chi connectivity index (χ0) is 16.9. The van der Waals surface area contributed by atoms with Gasteiger partial charge in [-0.1, -0.05) is 47.6 Å². The molecule has 0 fully saturated rings. The van der Waals surface area contributed by atoms with E-state index < -0.39 is 5.97 Å². The number of esters is 1. The van der Waals surface area contributed by atoms with Gasteiger partial charge >= 0.3 is 5.97 Å². The number of rotatable bonds is 5. The Kier molecular flexibility index (Phi) is 5.17. The van der Waals surface area contributed by atoms with Crippen molar-refractivity contribution in [2.75, 3.05) is 6.61 Å². The molecule has 0 unspecified atom stereocenters. The van der Waals surface area contributed by atoms with Gasteiger partial charge in [0, 0.05) is 15.4 Å². The number of nitrogens with one attached hydrogen (secondary N) is 1. The number of carbonyl (C=O) groups excluding carboxylic acids is 1. The second-order valence-corrected chi connectivity index (χ2v) is 6.32. The molecular weight excluding hydrogens is 346 g/mol. The van der Waals surface area contributed by atoms with E-state index in [-0.39, 0.29) is 5.69 Å². The predicted molar refractivity (Wildman–Crippen MR) is 93.4 cm³/mol. The van der Waals surface area contributed by atoms with E-state index >= 15 is 0 Å². The monoisotopic (exact) mass is 359 g/mol. The zero-order valence-corrected chi connectivity index (χ0v) is 14.4. The fraction of sp³-hybridized carbons (Fsp3) is 0.118. The number of halogens is 1. The van der Waals surface area contributed by atoms with Gasteiger partial charge in [-0.15, -0.1) is 5.10 Å². The minimum atomic E-state index is -0.490. The van der Waals surface area contributed by atoms with Crippen molar-refractivity contribution < 1.29 is 9.53 Å². The molecule has 3 rings (SSSR count). The average Bonchev–Trinajstić information content (AvgIpc) is 3.08. The summed E-state index contributed by atoms with van der Waals surface area (Å²) in [7, 11) is 0. The lowest BCUT2D eigenvalue weighted by molar-refractivity contribution is 0.0520. The van der Waals surface area contributed by atoms with Crippen molar-refractivity contribution >= 4 is 29.3 Å². The van der Waals surface area contributed by atoms with E-state index in [0.717, 1.165) is 15.4 Å². The van der Waals surface area contributed by atoms with Crippen molar-refractivity contribution in [3.8, 4) is 11.3 Å². The number of hydrogen-bond acceptors (Lipinski definition) is 5. The molecule has 1 heterocycles. The highest BCUT2D eigenvalue weighted by Gasteiger charge is 2.18. The van der Waals surface area contributed by atoms with Crippen LogP contribution in [0.5, 0.6) is 0 Å². The summed E-state index contributed by atoms with van der Waals surface area (Å²) in [5.41, 5.74) is 1.45. The number of aromatic nitrogens is 3. The summed E-state index contributed by atoms with van der Waals surface area (Å²) in [5, 5.41) is 11.1. The van der Waals surface area contributed by atoms with E-state index in [4.69, 9.17) is 16.3 Å². The highest BCUT2D eigenvalue weighted by atomic mass is 35.5. The van der Waals surface area contributed by atoms with Crippen LogP contribution in [0.4, 0.5) is 0 Å². The van der Waals surface area contributed by atoms with Crippen molar-refractivity contribution in [2.24, 2.45) is 0 Å². The first-order valence-electron chi connectivity index (χ1n) is 7.29. The third-order valence-electron chi connectivity index (χ3n) is 3.21. The molecule has 0 saturated heterocycles. The zero-order valence-electron chi connectivity index (χ0n) is 12.8. The van der Waals surface area contributed by atoms with E-state index in [9.17, 15) is 4.79 Å². The quantitative estimate of drug-likeness (QED) is 0.681. The Morgan fingerprint density at radius 2 is 1.92 bits per heavy atom. The fourth-order valence-corrected chi connectivity index (χ4v) is 3.20. The molecule has 122 valence electrons. The van der Waals surface area contributed by atoms with Gasteiger partial charge in [0.05, 0.1) is 11.6 Å². The Morgan fingerprint density at radius 1 is 1.17 bits per heavy atom. The van der Waals surface area contributed by atoms with Crippen LogP contribution in [0.1, 0.15) is 17.4 Å². The first kappa shape index (κ1) is 16.5. The molecule has 1 aromatic heterocycles. The molecule has 0 radical (unpaired) electrons. The van der Waals surface area contributed by atoms with Gasteiger partial charge in [-0.3, -0.25) is 0 Å². The summed E-state index contributed by atoms with van der Waals surface area (Å²) in [4.78, 5) is 13.9. The van der Waals surface area contributed by atoms with Crippen LogP contribution < -0.4 is 0 Å². The van der Waals surface area contributed by atoms with E-state index in [1.54, 1.807) is 18.7 Å². The summed E-state index contributed by atoms with van der Waals surface area (Å²) < 4.78 is 4.98. The van der Waals surface area contributed by atoms with E-state index in [1.165, 1.54) is 0 Å². The Hall–Kier alpha value is -2.31. The average molecular weight is 360 g/mol. The van der Waals surface area contributed by atoms with Crippen molar-refractivity contribution in [3.05, 3.63) is 59.2 Å². The SMILES string of the molecule is CCOC(=O)c1n[nH]nc1-c1ccc(Sc2ccccc2Cl)cc1. The van der Waals surface area contributed by atoms with Crippen LogP contribution in [0, 0.1) is 0 Å². The van der Waals surface area contributed by atoms with Crippen LogP contribution in [0.3, 0.4) is 0 Å². The molecule has 0 saturated carbocycles. The van der Waals surface area contributed by atoms with Crippen LogP contribution in [-0.2, 0) is 4.74 Å². The fourth-order valence-electron chi connectivity index (χ4n) is 2.11. The summed E-state index contributed by atoms with van der Waals surface area (Å²) in [6.45, 7) is 2.04. The summed E-state index contributed by atoms with van der Waals surface area (Å²) >= 11 is 7.75. The van der Waals surface area contributed by atoms with Crippen LogP contribution in [0.15, 0.2) is 58.3 Å². The lowest BCUT2D eigenvalue weighted by atomic mass is 10.1. The van der Waals surface area contributed by atoms with Gasteiger partial charge < -0.3 is 4.74 Å². The summed E-state index contributed by atoms with van der Waals surface area (Å²) in [6.07, 6.45) is 0. The van der Waals surface area contributed by atoms with Crippen molar-refractivity contribution in [2.45, 2.75) is 16.7 Å². The molecule has 0 amide bonds. The minimum Gasteiger partial charge on any atom is -0.461 e. The topological polar surface area (TPSA) is 67.9 Å². The number of ether oxygens (including phenoxy) is 1. The first-order valence-corrected chi connectivity index (χ1v) is 8.49. The van der Waals surface area contributed by atoms with Crippen molar-refractivity contribution in [3.63, 3.8) is 0 Å². The normalized spacial score (nSPS) is 10.6. The van der Waals surface area contributed by atoms with E-state index in [2.05, 4.69) is 15.4 Å². The molecule has 1 N–H and O–H groups in total. The number of hydrogen-bond donors (Lipinski definition) is 1.